The summed E-state index contributed by atoms with van der Waals surface area (Å²) in [6, 6.07) is 27.7. The average Bonchev–Trinajstić information content (AvgIpc) is 3.06. The van der Waals surface area contributed by atoms with Gasteiger partial charge in [0.2, 0.25) is 0 Å². The Hall–Kier alpha value is -3.89. The molecule has 4 nitrogen and oxygen atoms in total. The molecule has 4 rings (SSSR count). The van der Waals surface area contributed by atoms with Crippen LogP contribution in [-0.4, -0.2) is 4.57 Å². The molecule has 4 aromatic rings. The molecular weight excluding hydrogens is 308 g/mol. The number of nitriles is 2. The summed E-state index contributed by atoms with van der Waals surface area (Å²) >= 11 is 0. The van der Waals surface area contributed by atoms with Crippen LogP contribution in [0.3, 0.4) is 0 Å². The maximum absolute atomic E-state index is 9.38. The first kappa shape index (κ1) is 14.7. The van der Waals surface area contributed by atoms with Gasteiger partial charge in [-0.25, -0.2) is 0 Å². The van der Waals surface area contributed by atoms with E-state index in [0.29, 0.717) is 11.1 Å². The van der Waals surface area contributed by atoms with Crippen LogP contribution in [0.4, 0.5) is 0 Å². The first-order chi connectivity index (χ1) is 12.3. The summed E-state index contributed by atoms with van der Waals surface area (Å²) in [6.07, 6.45) is 1.98. The van der Waals surface area contributed by atoms with Gasteiger partial charge < -0.3 is 0 Å². The standard InChI is InChI=1S/C21H13N4/c22-13-16-11-20-21(12-17(16)14-23)25(19-9-5-2-6-10-19)15-24(20)18-7-3-1-4-8-18/h1-12,15H/q+1. The van der Waals surface area contributed by atoms with E-state index in [4.69, 9.17) is 0 Å². The van der Waals surface area contributed by atoms with Gasteiger partial charge in [0.05, 0.1) is 11.1 Å². The van der Waals surface area contributed by atoms with Crippen molar-refractivity contribution in [2.75, 3.05) is 0 Å². The first-order valence-electron chi connectivity index (χ1n) is 7.83. The lowest BCUT2D eigenvalue weighted by molar-refractivity contribution is -0.567. The molecule has 25 heavy (non-hydrogen) atoms. The first-order valence-corrected chi connectivity index (χ1v) is 7.83. The van der Waals surface area contributed by atoms with E-state index in [2.05, 4.69) is 12.1 Å². The molecule has 0 saturated carbocycles. The molecule has 4 heteroatoms. The van der Waals surface area contributed by atoms with Crippen molar-refractivity contribution in [3.05, 3.63) is 90.3 Å². The molecule has 116 valence electrons. The van der Waals surface area contributed by atoms with E-state index in [0.717, 1.165) is 22.4 Å². The maximum Gasteiger partial charge on any atom is 0.255 e. The summed E-state index contributed by atoms with van der Waals surface area (Å²) in [5.41, 5.74) is 4.51. The Morgan fingerprint density at radius 2 is 1.36 bits per heavy atom. The van der Waals surface area contributed by atoms with Crippen molar-refractivity contribution in [1.29, 1.82) is 10.5 Å². The van der Waals surface area contributed by atoms with Crippen LogP contribution in [0.2, 0.25) is 0 Å². The molecule has 0 atom stereocenters. The highest BCUT2D eigenvalue weighted by molar-refractivity contribution is 5.79. The largest absolute Gasteiger partial charge is 0.255 e. The third-order valence-electron chi connectivity index (χ3n) is 4.17. The number of fused-ring (bicyclic) bond motifs is 1. The fourth-order valence-electron chi connectivity index (χ4n) is 2.98. The molecule has 0 aliphatic heterocycles. The fourth-order valence-corrected chi connectivity index (χ4v) is 2.98. The highest BCUT2D eigenvalue weighted by Gasteiger charge is 2.21. The lowest BCUT2D eigenvalue weighted by Crippen LogP contribution is -2.28. The number of hydrogen-bond acceptors (Lipinski definition) is 2. The van der Waals surface area contributed by atoms with Crippen LogP contribution in [0, 0.1) is 22.7 Å². The Morgan fingerprint density at radius 1 is 0.760 bits per heavy atom. The van der Waals surface area contributed by atoms with Gasteiger partial charge in [-0.05, 0) is 24.3 Å². The second-order valence-corrected chi connectivity index (χ2v) is 5.64. The van der Waals surface area contributed by atoms with Crippen LogP contribution in [-0.2, 0) is 0 Å². The van der Waals surface area contributed by atoms with Crippen LogP contribution in [0.15, 0.2) is 79.1 Å². The predicted octanol–water partition coefficient (Wildman–Crippen LogP) is 3.65. The van der Waals surface area contributed by atoms with E-state index in [9.17, 15) is 10.5 Å². The molecule has 0 fully saturated rings. The monoisotopic (exact) mass is 321 g/mol. The molecule has 0 saturated heterocycles. The quantitative estimate of drug-likeness (QED) is 0.529. The average molecular weight is 321 g/mol. The van der Waals surface area contributed by atoms with E-state index in [-0.39, 0.29) is 0 Å². The van der Waals surface area contributed by atoms with Gasteiger partial charge in [0.15, 0.2) is 11.0 Å². The molecule has 0 radical (unpaired) electrons. The molecule has 0 spiro atoms. The van der Waals surface area contributed by atoms with E-state index in [1.165, 1.54) is 0 Å². The number of hydrogen-bond donors (Lipinski definition) is 0. The van der Waals surface area contributed by atoms with Gasteiger partial charge in [-0.1, -0.05) is 36.4 Å². The van der Waals surface area contributed by atoms with Crippen molar-refractivity contribution in [2.24, 2.45) is 0 Å². The van der Waals surface area contributed by atoms with E-state index in [1.54, 1.807) is 12.1 Å². The fraction of sp³-hybridized carbons (Fsp3) is 0. The molecule has 0 unspecified atom stereocenters. The minimum Gasteiger partial charge on any atom is -0.195 e. The zero-order chi connectivity index (χ0) is 17.2. The second kappa shape index (κ2) is 5.96. The van der Waals surface area contributed by atoms with Crippen molar-refractivity contribution in [3.8, 4) is 23.5 Å². The molecule has 3 aromatic carbocycles. The lowest BCUT2D eigenvalue weighted by atomic mass is 10.1. The van der Waals surface area contributed by atoms with Gasteiger partial charge in [0.1, 0.15) is 23.5 Å². The molecule has 1 heterocycles. The zero-order valence-corrected chi connectivity index (χ0v) is 13.3. The Balaban J connectivity index is 2.10. The molecule has 0 N–H and O–H groups in total. The van der Waals surface area contributed by atoms with E-state index >= 15 is 0 Å². The summed E-state index contributed by atoms with van der Waals surface area (Å²) in [5.74, 6) is 0. The number of rotatable bonds is 2. The van der Waals surface area contributed by atoms with E-state index < -0.39 is 0 Å². The molecule has 1 aromatic heterocycles. The van der Waals surface area contributed by atoms with Gasteiger partial charge in [-0.2, -0.15) is 19.7 Å². The summed E-state index contributed by atoms with van der Waals surface area (Å²) < 4.78 is 4.06. The van der Waals surface area contributed by atoms with Gasteiger partial charge in [-0.15, -0.1) is 0 Å². The van der Waals surface area contributed by atoms with Crippen molar-refractivity contribution in [2.45, 2.75) is 0 Å². The summed E-state index contributed by atoms with van der Waals surface area (Å²) in [6.45, 7) is 0. The summed E-state index contributed by atoms with van der Waals surface area (Å²) in [4.78, 5) is 0. The van der Waals surface area contributed by atoms with E-state index in [1.807, 2.05) is 76.1 Å². The van der Waals surface area contributed by atoms with Crippen LogP contribution < -0.4 is 4.57 Å². The lowest BCUT2D eigenvalue weighted by Gasteiger charge is -1.98. The minimum atomic E-state index is 0.380. The third-order valence-corrected chi connectivity index (χ3v) is 4.17. The molecule has 0 aliphatic carbocycles. The SMILES string of the molecule is N#Cc1cc2c(cc1C#N)[n+](-c1ccccc1)cn2-c1ccccc1. The Labute approximate surface area is 145 Å². The van der Waals surface area contributed by atoms with Crippen molar-refractivity contribution in [3.63, 3.8) is 0 Å². The maximum atomic E-state index is 9.38. The number of aromatic nitrogens is 2. The third kappa shape index (κ3) is 2.43. The molecule has 0 bridgehead atoms. The minimum absolute atomic E-state index is 0.380. The number of imidazole rings is 1. The van der Waals surface area contributed by atoms with Gasteiger partial charge in [-0.3, -0.25) is 0 Å². The smallest absolute Gasteiger partial charge is 0.195 e. The van der Waals surface area contributed by atoms with Gasteiger partial charge in [0, 0.05) is 12.1 Å². The zero-order valence-electron chi connectivity index (χ0n) is 13.3. The normalized spacial score (nSPS) is 10.3. The van der Waals surface area contributed by atoms with Gasteiger partial charge >= 0.3 is 0 Å². The second-order valence-electron chi connectivity index (χ2n) is 5.64. The molecule has 0 amide bonds. The van der Waals surface area contributed by atoms with Crippen molar-refractivity contribution >= 4 is 11.0 Å². The summed E-state index contributed by atoms with van der Waals surface area (Å²) in [5, 5.41) is 18.8. The Kier molecular flexibility index (Phi) is 3.50. The van der Waals surface area contributed by atoms with Crippen LogP contribution in [0.1, 0.15) is 11.1 Å². The molecular formula is C21H13N4+. The number of benzene rings is 3. The predicted molar refractivity (Wildman–Crippen MR) is 94.2 cm³/mol. The van der Waals surface area contributed by atoms with Crippen molar-refractivity contribution < 1.29 is 4.57 Å². The van der Waals surface area contributed by atoms with Crippen LogP contribution >= 0.6 is 0 Å². The number of para-hydroxylation sites is 2. The summed E-state index contributed by atoms with van der Waals surface area (Å²) in [7, 11) is 0. The highest BCUT2D eigenvalue weighted by atomic mass is 15.1. The van der Waals surface area contributed by atoms with Crippen LogP contribution in [0.25, 0.3) is 22.4 Å². The molecule has 0 aliphatic rings. The van der Waals surface area contributed by atoms with Crippen LogP contribution in [0.5, 0.6) is 0 Å². The van der Waals surface area contributed by atoms with Gasteiger partial charge in [0.25, 0.3) is 6.33 Å². The Bertz CT molecular complexity index is 1050. The highest BCUT2D eigenvalue weighted by Crippen LogP contribution is 2.22. The number of nitrogens with zero attached hydrogens (tertiary/aromatic N) is 4. The Morgan fingerprint density at radius 3 is 2.00 bits per heavy atom. The van der Waals surface area contributed by atoms with Crippen molar-refractivity contribution in [1.82, 2.24) is 4.57 Å². The topological polar surface area (TPSA) is 56.4 Å².